The van der Waals surface area contributed by atoms with E-state index in [2.05, 4.69) is 14.7 Å². The van der Waals surface area contributed by atoms with Crippen molar-refractivity contribution in [3.05, 3.63) is 40.7 Å². The summed E-state index contributed by atoms with van der Waals surface area (Å²) in [6.07, 6.45) is 1.71. The van der Waals surface area contributed by atoms with Gasteiger partial charge in [0.2, 0.25) is 0 Å². The van der Waals surface area contributed by atoms with Crippen LogP contribution in [-0.4, -0.2) is 24.6 Å². The van der Waals surface area contributed by atoms with Crippen LogP contribution in [0.2, 0.25) is 0 Å². The maximum absolute atomic E-state index is 12.1. The van der Waals surface area contributed by atoms with Gasteiger partial charge in [-0.15, -0.1) is 0 Å². The van der Waals surface area contributed by atoms with Gasteiger partial charge in [0.25, 0.3) is 15.6 Å². The molecule has 0 bridgehead atoms. The minimum absolute atomic E-state index is 0.0349. The highest BCUT2D eigenvalue weighted by Gasteiger charge is 2.18. The van der Waals surface area contributed by atoms with Crippen LogP contribution in [0, 0.1) is 0 Å². The van der Waals surface area contributed by atoms with Gasteiger partial charge in [-0.2, -0.15) is 0 Å². The number of hydrogen-bond acceptors (Lipinski definition) is 6. The second-order valence-electron chi connectivity index (χ2n) is 3.75. The number of aromatic nitrogens is 2. The van der Waals surface area contributed by atoms with E-state index in [4.69, 9.17) is 5.73 Å². The Kier molecular flexibility index (Phi) is 4.00. The number of sulfonamides is 1. The molecule has 1 aromatic heterocycles. The molecule has 1 heterocycles. The van der Waals surface area contributed by atoms with Crippen LogP contribution in [0.1, 0.15) is 0 Å². The Balaban J connectivity index is 2.43. The molecule has 2 aromatic rings. The van der Waals surface area contributed by atoms with E-state index in [1.54, 1.807) is 24.5 Å². The molecule has 2 rings (SSSR count). The first-order valence-corrected chi connectivity index (χ1v) is 8.16. The van der Waals surface area contributed by atoms with Gasteiger partial charge in [0.1, 0.15) is 0 Å². The summed E-state index contributed by atoms with van der Waals surface area (Å²) in [6.45, 7) is 0. The summed E-state index contributed by atoms with van der Waals surface area (Å²) in [4.78, 5) is 18.2. The molecule has 4 N–H and O–H groups in total. The third-order valence-electron chi connectivity index (χ3n) is 2.41. The number of aromatic amines is 1. The van der Waals surface area contributed by atoms with Gasteiger partial charge in [0.15, 0.2) is 16.7 Å². The number of thioether (sulfide) groups is 1. The van der Waals surface area contributed by atoms with Crippen molar-refractivity contribution < 1.29 is 8.42 Å². The molecule has 0 atom stereocenters. The second-order valence-corrected chi connectivity index (χ2v) is 6.23. The molecule has 0 saturated heterocycles. The molecule has 0 radical (unpaired) electrons. The van der Waals surface area contributed by atoms with Crippen molar-refractivity contribution in [1.29, 1.82) is 0 Å². The molecule has 20 heavy (non-hydrogen) atoms. The molecule has 9 heteroatoms. The molecule has 106 valence electrons. The number of nitrogens with two attached hydrogens (primary N) is 1. The highest BCUT2D eigenvalue weighted by Crippen LogP contribution is 2.18. The molecule has 7 nitrogen and oxygen atoms in total. The van der Waals surface area contributed by atoms with Crippen LogP contribution < -0.4 is 16.0 Å². The first kappa shape index (κ1) is 14.4. The normalized spacial score (nSPS) is 11.2. The Bertz CT molecular complexity index is 772. The molecule has 0 aliphatic heterocycles. The maximum atomic E-state index is 12.1. The average molecular weight is 312 g/mol. The van der Waals surface area contributed by atoms with Crippen molar-refractivity contribution in [3.63, 3.8) is 0 Å². The van der Waals surface area contributed by atoms with E-state index >= 15 is 0 Å². The number of nitrogens with zero attached hydrogens (tertiary/aromatic N) is 1. The number of anilines is 2. The van der Waals surface area contributed by atoms with E-state index < -0.39 is 15.6 Å². The standard InChI is InChI=1S/C11H12N4O3S2/c1-19-11-13-9(12)8(10(16)14-11)15-20(17,18)7-5-3-2-4-6-7/h2-6,15H,1H3,(H3,12,13,14,16). The fourth-order valence-corrected chi connectivity index (χ4v) is 2.94. The largest absolute Gasteiger partial charge is 0.382 e. The zero-order chi connectivity index (χ0) is 14.8. The first-order chi connectivity index (χ1) is 9.44. The summed E-state index contributed by atoms with van der Waals surface area (Å²) in [6, 6.07) is 7.68. The number of rotatable bonds is 4. The summed E-state index contributed by atoms with van der Waals surface area (Å²) in [5.74, 6) is -0.169. The van der Waals surface area contributed by atoms with Crippen LogP contribution in [0.4, 0.5) is 11.5 Å². The van der Waals surface area contributed by atoms with E-state index in [0.29, 0.717) is 5.16 Å². The summed E-state index contributed by atoms with van der Waals surface area (Å²) in [5.41, 5.74) is 4.69. The van der Waals surface area contributed by atoms with Gasteiger partial charge in [-0.3, -0.25) is 14.5 Å². The monoisotopic (exact) mass is 312 g/mol. The Labute approximate surface area is 119 Å². The summed E-state index contributed by atoms with van der Waals surface area (Å²) >= 11 is 1.20. The number of hydrogen-bond donors (Lipinski definition) is 3. The summed E-state index contributed by atoms with van der Waals surface area (Å²) in [7, 11) is -3.87. The molecule has 0 fully saturated rings. The predicted octanol–water partition coefficient (Wildman–Crippen LogP) is 0.875. The molecule has 1 aromatic carbocycles. The maximum Gasteiger partial charge on any atom is 0.278 e. The van der Waals surface area contributed by atoms with Crippen LogP contribution in [-0.2, 0) is 10.0 Å². The van der Waals surface area contributed by atoms with Gasteiger partial charge in [0.05, 0.1) is 4.90 Å². The van der Waals surface area contributed by atoms with E-state index in [-0.39, 0.29) is 16.4 Å². The second kappa shape index (κ2) is 5.55. The number of benzene rings is 1. The van der Waals surface area contributed by atoms with Crippen LogP contribution in [0.3, 0.4) is 0 Å². The molecular weight excluding hydrogens is 300 g/mol. The van der Waals surface area contributed by atoms with Crippen molar-refractivity contribution in [1.82, 2.24) is 9.97 Å². The van der Waals surface area contributed by atoms with Crippen LogP contribution in [0.5, 0.6) is 0 Å². The number of H-pyrrole nitrogens is 1. The third kappa shape index (κ3) is 2.94. The van der Waals surface area contributed by atoms with Crippen molar-refractivity contribution in [2.24, 2.45) is 0 Å². The quantitative estimate of drug-likeness (QED) is 0.569. The lowest BCUT2D eigenvalue weighted by molar-refractivity contribution is 0.601. The van der Waals surface area contributed by atoms with E-state index in [9.17, 15) is 13.2 Å². The molecular formula is C11H12N4O3S2. The van der Waals surface area contributed by atoms with E-state index in [1.807, 2.05) is 0 Å². The topological polar surface area (TPSA) is 118 Å². The van der Waals surface area contributed by atoms with E-state index in [1.165, 1.54) is 23.9 Å². The minimum Gasteiger partial charge on any atom is -0.382 e. The highest BCUT2D eigenvalue weighted by atomic mass is 32.2. The third-order valence-corrected chi connectivity index (χ3v) is 4.35. The zero-order valence-electron chi connectivity index (χ0n) is 10.5. The fraction of sp³-hybridized carbons (Fsp3) is 0.0909. The molecule has 0 amide bonds. The van der Waals surface area contributed by atoms with Gasteiger partial charge in [-0.1, -0.05) is 30.0 Å². The lowest BCUT2D eigenvalue weighted by atomic mass is 10.4. The highest BCUT2D eigenvalue weighted by molar-refractivity contribution is 7.98. The van der Waals surface area contributed by atoms with Gasteiger partial charge in [-0.05, 0) is 18.4 Å². The Morgan fingerprint density at radius 3 is 2.50 bits per heavy atom. The molecule has 0 aliphatic carbocycles. The Morgan fingerprint density at radius 2 is 1.95 bits per heavy atom. The van der Waals surface area contributed by atoms with Gasteiger partial charge < -0.3 is 5.73 Å². The van der Waals surface area contributed by atoms with Crippen molar-refractivity contribution in [2.45, 2.75) is 10.1 Å². The van der Waals surface area contributed by atoms with E-state index in [0.717, 1.165) is 0 Å². The summed E-state index contributed by atoms with van der Waals surface area (Å²) in [5, 5.41) is 0.315. The molecule has 0 spiro atoms. The first-order valence-electron chi connectivity index (χ1n) is 5.45. The number of nitrogen functional groups attached to an aromatic ring is 1. The minimum atomic E-state index is -3.87. The van der Waals surface area contributed by atoms with Gasteiger partial charge >= 0.3 is 0 Å². The van der Waals surface area contributed by atoms with Crippen molar-refractivity contribution in [2.75, 3.05) is 16.7 Å². The Hall–Kier alpha value is -2.00. The molecule has 0 aliphatic rings. The predicted molar refractivity (Wildman–Crippen MR) is 78.3 cm³/mol. The summed E-state index contributed by atoms with van der Waals surface area (Å²) < 4.78 is 26.4. The smallest absolute Gasteiger partial charge is 0.278 e. The van der Waals surface area contributed by atoms with Crippen LogP contribution in [0.25, 0.3) is 0 Å². The zero-order valence-corrected chi connectivity index (χ0v) is 12.1. The molecule has 0 unspecified atom stereocenters. The molecule has 0 saturated carbocycles. The van der Waals surface area contributed by atoms with Crippen LogP contribution in [0.15, 0.2) is 45.2 Å². The van der Waals surface area contributed by atoms with Gasteiger partial charge in [-0.25, -0.2) is 13.4 Å². The van der Waals surface area contributed by atoms with Crippen molar-refractivity contribution >= 4 is 33.3 Å². The van der Waals surface area contributed by atoms with Crippen molar-refractivity contribution in [3.8, 4) is 0 Å². The van der Waals surface area contributed by atoms with Crippen LogP contribution >= 0.6 is 11.8 Å². The average Bonchev–Trinajstić information content (AvgIpc) is 2.43. The fourth-order valence-electron chi connectivity index (χ4n) is 1.46. The Morgan fingerprint density at radius 1 is 1.30 bits per heavy atom. The number of nitrogens with one attached hydrogen (secondary N) is 2. The SMILES string of the molecule is CSc1nc(N)c(NS(=O)(=O)c2ccccc2)c(=O)[nH]1. The lowest BCUT2D eigenvalue weighted by Gasteiger charge is -2.09. The lowest BCUT2D eigenvalue weighted by Crippen LogP contribution is -2.23. The van der Waals surface area contributed by atoms with Gasteiger partial charge in [0, 0.05) is 0 Å².